The van der Waals surface area contributed by atoms with Crippen LogP contribution in [-0.4, -0.2) is 23.8 Å². The molecule has 0 aromatic carbocycles. The molecule has 5 rings (SSSR count). The lowest BCUT2D eigenvalue weighted by molar-refractivity contribution is -0.167. The van der Waals surface area contributed by atoms with E-state index in [2.05, 4.69) is 55.4 Å². The Morgan fingerprint density at radius 1 is 0.971 bits per heavy atom. The van der Waals surface area contributed by atoms with E-state index in [1.807, 2.05) is 11.1 Å². The van der Waals surface area contributed by atoms with Gasteiger partial charge in [0.2, 0.25) is 0 Å². The maximum Gasteiger partial charge on any atom is 0.302 e. The molecule has 0 aromatic rings. The molecule has 4 aliphatic carbocycles. The van der Waals surface area contributed by atoms with E-state index >= 15 is 0 Å². The molecule has 1 saturated heterocycles. The van der Waals surface area contributed by atoms with E-state index in [1.54, 1.807) is 6.92 Å². The fraction of sp³-hybridized carbons (Fsp3) is 0.906. The van der Waals surface area contributed by atoms with E-state index in [-0.39, 0.29) is 28.5 Å². The molecule has 0 amide bonds. The number of fused-ring (bicyclic) bond motifs is 4. The van der Waals surface area contributed by atoms with Gasteiger partial charge in [-0.2, -0.15) is 0 Å². The Kier molecular flexibility index (Phi) is 5.96. The molecule has 0 aromatic heterocycles. The van der Waals surface area contributed by atoms with Crippen molar-refractivity contribution < 1.29 is 14.3 Å². The number of allylic oxidation sites excluding steroid dienone is 2. The largest absolute Gasteiger partial charge is 0.462 e. The maximum absolute atomic E-state index is 11.8. The fourth-order valence-electron chi connectivity index (χ4n) is 10.4. The Bertz CT molecular complexity index is 914. The zero-order valence-electron chi connectivity index (χ0n) is 24.2. The quantitative estimate of drug-likeness (QED) is 0.224. The van der Waals surface area contributed by atoms with Crippen LogP contribution >= 0.6 is 0 Å². The van der Waals surface area contributed by atoms with Gasteiger partial charge >= 0.3 is 5.97 Å². The van der Waals surface area contributed by atoms with E-state index < -0.39 is 0 Å². The average molecular weight is 485 g/mol. The van der Waals surface area contributed by atoms with Gasteiger partial charge in [-0.05, 0) is 112 Å². The highest BCUT2D eigenvalue weighted by molar-refractivity contribution is 5.66. The second-order valence-electron chi connectivity index (χ2n) is 15.1. The van der Waals surface area contributed by atoms with Crippen molar-refractivity contribution in [2.75, 3.05) is 0 Å². The molecule has 3 fully saturated rings. The summed E-state index contributed by atoms with van der Waals surface area (Å²) < 4.78 is 11.8. The third kappa shape index (κ3) is 3.71. The fourth-order valence-corrected chi connectivity index (χ4v) is 10.4. The van der Waals surface area contributed by atoms with E-state index in [4.69, 9.17) is 9.47 Å². The van der Waals surface area contributed by atoms with Crippen LogP contribution in [0.15, 0.2) is 11.1 Å². The van der Waals surface area contributed by atoms with Crippen molar-refractivity contribution >= 4 is 5.97 Å². The highest BCUT2D eigenvalue weighted by Gasteiger charge is 2.63. The van der Waals surface area contributed by atoms with Crippen LogP contribution in [0, 0.1) is 39.4 Å². The van der Waals surface area contributed by atoms with Crippen molar-refractivity contribution in [1.29, 1.82) is 0 Å². The number of rotatable bonds is 5. The minimum Gasteiger partial charge on any atom is -0.462 e. The number of hydrogen-bond acceptors (Lipinski definition) is 3. The van der Waals surface area contributed by atoms with Crippen molar-refractivity contribution in [3.8, 4) is 0 Å². The van der Waals surface area contributed by atoms with Crippen molar-refractivity contribution in [2.45, 2.75) is 144 Å². The summed E-state index contributed by atoms with van der Waals surface area (Å²) in [6.45, 7) is 21.2. The van der Waals surface area contributed by atoms with Crippen LogP contribution in [0.1, 0.15) is 127 Å². The van der Waals surface area contributed by atoms with Gasteiger partial charge in [0.05, 0.1) is 11.7 Å². The van der Waals surface area contributed by atoms with Gasteiger partial charge in [0, 0.05) is 12.3 Å². The highest BCUT2D eigenvalue weighted by atomic mass is 16.6. The SMILES string of the molecule is CC(=O)O[C@@H]1CC[C@]2(C)C3=C(CC[C@@H]2C1(C)C)[C@]1(C)CC[C@H]([C@@H](C)CC[C@H]2OC2(C)C)[C@@]1(C)CC3. The summed E-state index contributed by atoms with van der Waals surface area (Å²) >= 11 is 0. The maximum atomic E-state index is 11.8. The van der Waals surface area contributed by atoms with Gasteiger partial charge in [0.15, 0.2) is 0 Å². The van der Waals surface area contributed by atoms with Gasteiger partial charge in [-0.25, -0.2) is 0 Å². The smallest absolute Gasteiger partial charge is 0.302 e. The predicted octanol–water partition coefficient (Wildman–Crippen LogP) is 8.26. The van der Waals surface area contributed by atoms with Gasteiger partial charge in [-0.3, -0.25) is 4.79 Å². The first-order valence-corrected chi connectivity index (χ1v) is 14.7. The molecule has 198 valence electrons. The van der Waals surface area contributed by atoms with Gasteiger partial charge in [0.25, 0.3) is 0 Å². The number of carbonyl (C=O) groups excluding carboxylic acids is 1. The van der Waals surface area contributed by atoms with Crippen molar-refractivity contribution in [2.24, 2.45) is 39.4 Å². The van der Waals surface area contributed by atoms with Gasteiger partial charge in [-0.1, -0.05) is 52.7 Å². The lowest BCUT2D eigenvalue weighted by atomic mass is 9.43. The molecule has 0 bridgehead atoms. The molecule has 1 heterocycles. The van der Waals surface area contributed by atoms with E-state index in [9.17, 15) is 4.79 Å². The van der Waals surface area contributed by atoms with Crippen molar-refractivity contribution in [1.82, 2.24) is 0 Å². The van der Waals surface area contributed by atoms with Crippen LogP contribution in [-0.2, 0) is 14.3 Å². The standard InChI is InChI=1S/C32H52O3/c1-20(10-13-27-29(5,6)35-27)22-14-18-32(9)24-11-12-25-28(3,4)26(34-21(2)33)16-17-30(25,7)23(24)15-19-31(22,32)8/h20,22,25-27H,10-19H2,1-9H3/t20-,22+,25+,26+,27+,30+,31+,32-/m0/s1. The summed E-state index contributed by atoms with van der Waals surface area (Å²) in [5.41, 5.74) is 4.85. The Morgan fingerprint density at radius 3 is 2.29 bits per heavy atom. The molecular formula is C32H52O3. The molecule has 0 radical (unpaired) electrons. The first kappa shape index (κ1) is 25.8. The van der Waals surface area contributed by atoms with Crippen LogP contribution in [0.4, 0.5) is 0 Å². The Balaban J connectivity index is 1.40. The second-order valence-corrected chi connectivity index (χ2v) is 15.1. The van der Waals surface area contributed by atoms with E-state index in [0.29, 0.717) is 22.9 Å². The number of carbonyl (C=O) groups is 1. The molecule has 0 N–H and O–H groups in total. The minimum atomic E-state index is -0.119. The first-order valence-electron chi connectivity index (χ1n) is 14.7. The molecule has 3 nitrogen and oxygen atoms in total. The molecule has 2 saturated carbocycles. The van der Waals surface area contributed by atoms with Crippen LogP contribution in [0.2, 0.25) is 0 Å². The number of epoxide rings is 1. The van der Waals surface area contributed by atoms with Crippen LogP contribution in [0.25, 0.3) is 0 Å². The second kappa shape index (κ2) is 8.08. The summed E-state index contributed by atoms with van der Waals surface area (Å²) in [5, 5.41) is 0. The lowest BCUT2D eigenvalue weighted by Crippen LogP contribution is -2.55. The minimum absolute atomic E-state index is 0.0320. The summed E-state index contributed by atoms with van der Waals surface area (Å²) in [6.07, 6.45) is 13.1. The molecule has 0 spiro atoms. The molecule has 8 atom stereocenters. The summed E-state index contributed by atoms with van der Waals surface area (Å²) in [5.74, 6) is 2.07. The van der Waals surface area contributed by atoms with E-state index in [0.717, 1.165) is 18.3 Å². The third-order valence-corrected chi connectivity index (χ3v) is 12.8. The number of esters is 1. The third-order valence-electron chi connectivity index (χ3n) is 12.8. The van der Waals surface area contributed by atoms with Crippen molar-refractivity contribution in [3.63, 3.8) is 0 Å². The monoisotopic (exact) mass is 484 g/mol. The Labute approximate surface area is 215 Å². The molecule has 35 heavy (non-hydrogen) atoms. The van der Waals surface area contributed by atoms with Crippen molar-refractivity contribution in [3.05, 3.63) is 11.1 Å². The molecule has 3 heteroatoms. The first-order chi connectivity index (χ1) is 16.2. The lowest BCUT2D eigenvalue weighted by Gasteiger charge is -2.62. The number of ether oxygens (including phenoxy) is 2. The summed E-state index contributed by atoms with van der Waals surface area (Å²) in [6, 6.07) is 0. The Morgan fingerprint density at radius 2 is 1.66 bits per heavy atom. The molecule has 0 unspecified atom stereocenters. The van der Waals surface area contributed by atoms with Crippen LogP contribution in [0.5, 0.6) is 0 Å². The van der Waals surface area contributed by atoms with Gasteiger partial charge in [-0.15, -0.1) is 0 Å². The zero-order chi connectivity index (χ0) is 25.6. The predicted molar refractivity (Wildman–Crippen MR) is 142 cm³/mol. The topological polar surface area (TPSA) is 38.8 Å². The average Bonchev–Trinajstić information content (AvgIpc) is 3.26. The Hall–Kier alpha value is -0.830. The van der Waals surface area contributed by atoms with Crippen LogP contribution in [0.3, 0.4) is 0 Å². The van der Waals surface area contributed by atoms with Crippen LogP contribution < -0.4 is 0 Å². The zero-order valence-corrected chi connectivity index (χ0v) is 24.2. The molecular weight excluding hydrogens is 432 g/mol. The molecule has 5 aliphatic rings. The van der Waals surface area contributed by atoms with E-state index in [1.165, 1.54) is 57.8 Å². The number of hydrogen-bond donors (Lipinski definition) is 0. The summed E-state index contributed by atoms with van der Waals surface area (Å²) in [7, 11) is 0. The molecule has 1 aliphatic heterocycles. The summed E-state index contributed by atoms with van der Waals surface area (Å²) in [4.78, 5) is 11.8. The van der Waals surface area contributed by atoms with Gasteiger partial charge < -0.3 is 9.47 Å². The normalized spacial score (nSPS) is 46.3. The van der Waals surface area contributed by atoms with Gasteiger partial charge in [0.1, 0.15) is 6.10 Å². The highest BCUT2D eigenvalue weighted by Crippen LogP contribution is 2.72.